The monoisotopic (exact) mass is 546 g/mol. The molecule has 0 bridgehead atoms. The van der Waals surface area contributed by atoms with E-state index in [-0.39, 0.29) is 11.5 Å². The Hall–Kier alpha value is -4.00. The van der Waals surface area contributed by atoms with Gasteiger partial charge in [0.15, 0.2) is 0 Å². The van der Waals surface area contributed by atoms with Gasteiger partial charge >= 0.3 is 12.1 Å². The molecular formula is C26H29F3N6O4. The van der Waals surface area contributed by atoms with Crippen LogP contribution < -0.4 is 15.8 Å². The molecule has 0 saturated carbocycles. The minimum atomic E-state index is -5.08. The van der Waals surface area contributed by atoms with Crippen molar-refractivity contribution in [2.45, 2.75) is 26.1 Å². The van der Waals surface area contributed by atoms with Crippen molar-refractivity contribution in [3.63, 3.8) is 0 Å². The first kappa shape index (κ1) is 28.0. The molecule has 0 radical (unpaired) electrons. The Morgan fingerprint density at radius 1 is 1.10 bits per heavy atom. The van der Waals surface area contributed by atoms with Crippen molar-refractivity contribution in [2.75, 3.05) is 38.1 Å². The lowest BCUT2D eigenvalue weighted by Crippen LogP contribution is -2.29. The van der Waals surface area contributed by atoms with Crippen LogP contribution >= 0.6 is 0 Å². The smallest absolute Gasteiger partial charge is 0.475 e. The molecule has 208 valence electrons. The summed E-state index contributed by atoms with van der Waals surface area (Å²) in [5, 5.41) is 9.73. The van der Waals surface area contributed by atoms with Gasteiger partial charge in [0.25, 0.3) is 11.5 Å². The number of aliphatic carboxylic acids is 1. The molecule has 3 aromatic heterocycles. The molecule has 0 aliphatic carbocycles. The van der Waals surface area contributed by atoms with E-state index in [1.165, 1.54) is 0 Å². The molecule has 39 heavy (non-hydrogen) atoms. The Kier molecular flexibility index (Phi) is 8.19. The molecule has 0 aromatic carbocycles. The van der Waals surface area contributed by atoms with Crippen molar-refractivity contribution in [3.8, 4) is 0 Å². The van der Waals surface area contributed by atoms with Crippen LogP contribution in [0.4, 0.5) is 18.9 Å². The van der Waals surface area contributed by atoms with Gasteiger partial charge in [0, 0.05) is 51.5 Å². The normalized spacial score (nSPS) is 18.9. The third kappa shape index (κ3) is 6.53. The number of aromatic amines is 1. The number of carboxylic acids is 1. The van der Waals surface area contributed by atoms with Crippen LogP contribution in [0.3, 0.4) is 0 Å². The maximum absolute atomic E-state index is 12.1. The SMILES string of the molecule is CCc1cc2ncc(CN3CC4CN(c5ccc(C(=O)NC)nc5)CC4C3)cc2[nH]c1=O.O=C(O)C(F)(F)F. The molecule has 2 fully saturated rings. The molecule has 2 saturated heterocycles. The first-order valence-electron chi connectivity index (χ1n) is 12.4. The van der Waals surface area contributed by atoms with Crippen molar-refractivity contribution in [1.82, 2.24) is 25.2 Å². The lowest BCUT2D eigenvalue weighted by molar-refractivity contribution is -0.192. The Morgan fingerprint density at radius 2 is 1.77 bits per heavy atom. The molecule has 10 nitrogen and oxygen atoms in total. The number of anilines is 1. The van der Waals surface area contributed by atoms with E-state index < -0.39 is 12.1 Å². The summed E-state index contributed by atoms with van der Waals surface area (Å²) in [5.41, 5.74) is 5.05. The number of amides is 1. The van der Waals surface area contributed by atoms with E-state index in [0.29, 0.717) is 24.0 Å². The second-order valence-corrected chi connectivity index (χ2v) is 9.66. The van der Waals surface area contributed by atoms with Crippen molar-refractivity contribution >= 4 is 28.6 Å². The minimum absolute atomic E-state index is 0.0207. The van der Waals surface area contributed by atoms with Crippen molar-refractivity contribution in [2.24, 2.45) is 11.8 Å². The number of fused-ring (bicyclic) bond motifs is 2. The van der Waals surface area contributed by atoms with Crippen LogP contribution in [0.1, 0.15) is 28.5 Å². The van der Waals surface area contributed by atoms with Crippen LogP contribution in [0.25, 0.3) is 11.0 Å². The predicted octanol–water partition coefficient (Wildman–Crippen LogP) is 2.44. The van der Waals surface area contributed by atoms with Gasteiger partial charge in [0.1, 0.15) is 5.69 Å². The maximum Gasteiger partial charge on any atom is 0.490 e. The number of carbonyl (C=O) groups is 2. The summed E-state index contributed by atoms with van der Waals surface area (Å²) in [5.74, 6) is -1.68. The second kappa shape index (κ2) is 11.4. The zero-order valence-corrected chi connectivity index (χ0v) is 21.5. The van der Waals surface area contributed by atoms with E-state index >= 15 is 0 Å². The van der Waals surface area contributed by atoms with Crippen molar-refractivity contribution in [1.29, 1.82) is 0 Å². The van der Waals surface area contributed by atoms with Gasteiger partial charge in [-0.2, -0.15) is 13.2 Å². The Balaban J connectivity index is 0.000000448. The first-order chi connectivity index (χ1) is 18.5. The minimum Gasteiger partial charge on any atom is -0.475 e. The molecule has 2 atom stereocenters. The summed E-state index contributed by atoms with van der Waals surface area (Å²) in [4.78, 5) is 49.5. The van der Waals surface area contributed by atoms with Crippen LogP contribution in [-0.2, 0) is 17.8 Å². The number of nitrogens with one attached hydrogen (secondary N) is 2. The van der Waals surface area contributed by atoms with E-state index in [2.05, 4.69) is 36.1 Å². The molecule has 13 heteroatoms. The summed E-state index contributed by atoms with van der Waals surface area (Å²) < 4.78 is 31.7. The standard InChI is InChI=1S/C24H28N6O2.C2HF3O2/c1-3-16-7-21-22(28-23(16)31)6-15(8-26-21)10-29-11-17-13-30(14-18(17)12-29)19-4-5-20(27-9-19)24(32)25-2;3-2(4,5)1(6)7/h4-9,17-18H,3,10-14H2,1-2H3,(H,25,32)(H,28,31);(H,6,7). The number of rotatable bonds is 5. The number of pyridine rings is 3. The molecule has 2 aliphatic heterocycles. The Morgan fingerprint density at radius 3 is 2.31 bits per heavy atom. The molecule has 3 N–H and O–H groups in total. The molecule has 2 aliphatic rings. The third-order valence-electron chi connectivity index (χ3n) is 6.99. The zero-order chi connectivity index (χ0) is 28.3. The summed E-state index contributed by atoms with van der Waals surface area (Å²) in [6, 6.07) is 7.73. The van der Waals surface area contributed by atoms with Gasteiger partial charge in [0.2, 0.25) is 0 Å². The first-order valence-corrected chi connectivity index (χ1v) is 12.4. The van der Waals surface area contributed by atoms with Gasteiger partial charge in [-0.1, -0.05) is 6.92 Å². The van der Waals surface area contributed by atoms with Crippen LogP contribution in [0, 0.1) is 11.8 Å². The highest BCUT2D eigenvalue weighted by molar-refractivity contribution is 5.92. The summed E-state index contributed by atoms with van der Waals surface area (Å²) in [6.45, 7) is 6.93. The lowest BCUT2D eigenvalue weighted by atomic mass is 10.0. The van der Waals surface area contributed by atoms with E-state index in [0.717, 1.165) is 60.6 Å². The number of halogens is 3. The number of alkyl halides is 3. The number of carbonyl (C=O) groups excluding carboxylic acids is 1. The van der Waals surface area contributed by atoms with Gasteiger partial charge < -0.3 is 20.3 Å². The number of aromatic nitrogens is 3. The van der Waals surface area contributed by atoms with Gasteiger partial charge in [0.05, 0.1) is 22.9 Å². The molecule has 5 heterocycles. The predicted molar refractivity (Wildman–Crippen MR) is 138 cm³/mol. The Labute approximate surface area is 221 Å². The van der Waals surface area contributed by atoms with Crippen molar-refractivity contribution in [3.05, 3.63) is 63.8 Å². The molecule has 1 amide bonds. The number of hydrogen-bond acceptors (Lipinski definition) is 7. The number of H-pyrrole nitrogens is 1. The molecular weight excluding hydrogens is 517 g/mol. The lowest BCUT2D eigenvalue weighted by Gasteiger charge is -2.23. The largest absolute Gasteiger partial charge is 0.490 e. The van der Waals surface area contributed by atoms with Gasteiger partial charge in [-0.3, -0.25) is 19.5 Å². The molecule has 2 unspecified atom stereocenters. The number of nitrogens with zero attached hydrogens (tertiary/aromatic N) is 4. The fourth-order valence-electron chi connectivity index (χ4n) is 5.04. The van der Waals surface area contributed by atoms with Gasteiger partial charge in [-0.05, 0) is 48.1 Å². The topological polar surface area (TPSA) is 132 Å². The summed E-state index contributed by atoms with van der Waals surface area (Å²) in [7, 11) is 1.61. The van der Waals surface area contributed by atoms with Gasteiger partial charge in [-0.25, -0.2) is 9.78 Å². The highest BCUT2D eigenvalue weighted by Crippen LogP contribution is 2.34. The molecule has 3 aromatic rings. The fourth-order valence-corrected chi connectivity index (χ4v) is 5.04. The quantitative estimate of drug-likeness (QED) is 0.445. The van der Waals surface area contributed by atoms with Crippen LogP contribution in [0.5, 0.6) is 0 Å². The van der Waals surface area contributed by atoms with Gasteiger partial charge in [-0.15, -0.1) is 0 Å². The number of carboxylic acid groups (broad SMARTS) is 1. The molecule has 0 spiro atoms. The summed E-state index contributed by atoms with van der Waals surface area (Å²) in [6.07, 6.45) is -0.647. The van der Waals surface area contributed by atoms with E-state index in [9.17, 15) is 22.8 Å². The third-order valence-corrected chi connectivity index (χ3v) is 6.99. The Bertz CT molecular complexity index is 1400. The van der Waals surface area contributed by atoms with E-state index in [4.69, 9.17) is 9.90 Å². The van der Waals surface area contributed by atoms with Crippen LogP contribution in [0.15, 0.2) is 41.5 Å². The zero-order valence-electron chi connectivity index (χ0n) is 21.5. The average Bonchev–Trinajstić information content (AvgIpc) is 3.46. The second-order valence-electron chi connectivity index (χ2n) is 9.66. The fraction of sp³-hybridized carbons (Fsp3) is 0.423. The highest BCUT2D eigenvalue weighted by atomic mass is 19.4. The summed E-state index contributed by atoms with van der Waals surface area (Å²) >= 11 is 0. The number of aryl methyl sites for hydroxylation is 1. The molecule has 5 rings (SSSR count). The highest BCUT2D eigenvalue weighted by Gasteiger charge is 2.40. The van der Waals surface area contributed by atoms with E-state index in [1.54, 1.807) is 19.3 Å². The maximum atomic E-state index is 12.1. The average molecular weight is 547 g/mol. The number of hydrogen-bond donors (Lipinski definition) is 3. The number of likely N-dealkylation sites (tertiary alicyclic amines) is 1. The van der Waals surface area contributed by atoms with Crippen LogP contribution in [-0.4, -0.2) is 76.2 Å². The van der Waals surface area contributed by atoms with Crippen LogP contribution in [0.2, 0.25) is 0 Å². The van der Waals surface area contributed by atoms with Crippen molar-refractivity contribution < 1.29 is 27.9 Å². The van der Waals surface area contributed by atoms with E-state index in [1.807, 2.05) is 25.3 Å².